The van der Waals surface area contributed by atoms with Gasteiger partial charge in [-0.2, -0.15) is 0 Å². The van der Waals surface area contributed by atoms with Crippen LogP contribution in [0.1, 0.15) is 19.3 Å². The number of nitrogens with one attached hydrogen (secondary N) is 3. The quantitative estimate of drug-likeness (QED) is 0.665. The van der Waals surface area contributed by atoms with Crippen molar-refractivity contribution in [2.24, 2.45) is 5.92 Å². The molecule has 0 unspecified atom stereocenters. The van der Waals surface area contributed by atoms with E-state index in [9.17, 15) is 5.11 Å². The largest absolute Gasteiger partial charge is 0.396 e. The molecule has 0 spiro atoms. The van der Waals surface area contributed by atoms with E-state index in [0.29, 0.717) is 12.5 Å². The molecule has 2 aromatic heterocycles. The first-order valence-corrected chi connectivity index (χ1v) is 7.63. The van der Waals surface area contributed by atoms with Crippen molar-refractivity contribution in [1.29, 1.82) is 0 Å². The first-order valence-electron chi connectivity index (χ1n) is 7.63. The van der Waals surface area contributed by atoms with Crippen molar-refractivity contribution >= 4 is 17.0 Å². The number of aromatic nitrogens is 4. The number of aliphatic hydroxyl groups excluding tert-OH is 1. The van der Waals surface area contributed by atoms with Crippen molar-refractivity contribution in [1.82, 2.24) is 19.9 Å². The number of nitrogens with zero attached hydrogens (tertiary/aromatic N) is 3. The maximum absolute atomic E-state index is 9.25. The molecule has 7 heteroatoms. The minimum absolute atomic E-state index is 0.318. The Balaban J connectivity index is 1.45. The average Bonchev–Trinajstić information content (AvgIpc) is 3.01. The van der Waals surface area contributed by atoms with Crippen LogP contribution in [0.5, 0.6) is 0 Å². The predicted octanol–water partition coefficient (Wildman–Crippen LogP) is 0.278. The summed E-state index contributed by atoms with van der Waals surface area (Å²) in [7, 11) is 0. The SMILES string of the molecule is OC[C@@H]1CCCN(CCCNc2[nH+]cnc3nc[nH]c23)C1. The molecular weight excluding hydrogens is 268 g/mol. The Morgan fingerprint density at radius 3 is 3.33 bits per heavy atom. The summed E-state index contributed by atoms with van der Waals surface area (Å²) in [5.74, 6) is 1.40. The van der Waals surface area contributed by atoms with Gasteiger partial charge in [0, 0.05) is 19.7 Å². The topological polar surface area (TPSA) is 91.2 Å². The third-order valence-corrected chi connectivity index (χ3v) is 4.08. The summed E-state index contributed by atoms with van der Waals surface area (Å²) < 4.78 is 0. The molecule has 0 bridgehead atoms. The molecule has 0 amide bonds. The van der Waals surface area contributed by atoms with Gasteiger partial charge in [-0.25, -0.2) is 9.97 Å². The summed E-state index contributed by atoms with van der Waals surface area (Å²) in [6, 6.07) is 0. The lowest BCUT2D eigenvalue weighted by molar-refractivity contribution is -0.364. The second-order valence-electron chi connectivity index (χ2n) is 5.65. The number of likely N-dealkylation sites (tertiary alicyclic amines) is 1. The minimum Gasteiger partial charge on any atom is -0.396 e. The number of fused-ring (bicyclic) bond motifs is 1. The summed E-state index contributed by atoms with van der Waals surface area (Å²) in [5.41, 5.74) is 1.63. The van der Waals surface area contributed by atoms with E-state index in [4.69, 9.17) is 0 Å². The molecule has 1 fully saturated rings. The van der Waals surface area contributed by atoms with E-state index in [0.717, 1.165) is 56.0 Å². The van der Waals surface area contributed by atoms with Crippen molar-refractivity contribution in [3.05, 3.63) is 12.7 Å². The van der Waals surface area contributed by atoms with Crippen LogP contribution in [-0.4, -0.2) is 57.7 Å². The number of rotatable bonds is 6. The normalized spacial score (nSPS) is 20.0. The van der Waals surface area contributed by atoms with E-state index in [2.05, 4.69) is 30.2 Å². The van der Waals surface area contributed by atoms with Crippen molar-refractivity contribution in [2.75, 3.05) is 38.1 Å². The zero-order chi connectivity index (χ0) is 14.5. The lowest BCUT2D eigenvalue weighted by atomic mass is 9.99. The molecule has 2 aromatic rings. The van der Waals surface area contributed by atoms with Crippen LogP contribution in [0.2, 0.25) is 0 Å². The van der Waals surface area contributed by atoms with E-state index < -0.39 is 0 Å². The van der Waals surface area contributed by atoms with Crippen LogP contribution >= 0.6 is 0 Å². The summed E-state index contributed by atoms with van der Waals surface area (Å²) >= 11 is 0. The molecule has 0 aliphatic carbocycles. The molecule has 114 valence electrons. The number of hydrogen-bond acceptors (Lipinski definition) is 5. The molecule has 0 saturated carbocycles. The van der Waals surface area contributed by atoms with Crippen LogP contribution in [0.3, 0.4) is 0 Å². The van der Waals surface area contributed by atoms with Crippen LogP contribution in [0.25, 0.3) is 11.2 Å². The fourth-order valence-corrected chi connectivity index (χ4v) is 2.96. The van der Waals surface area contributed by atoms with Crippen molar-refractivity contribution in [3.8, 4) is 0 Å². The van der Waals surface area contributed by atoms with Crippen LogP contribution in [-0.2, 0) is 0 Å². The maximum Gasteiger partial charge on any atom is 0.260 e. The van der Waals surface area contributed by atoms with Gasteiger partial charge in [-0.05, 0) is 31.7 Å². The van der Waals surface area contributed by atoms with Crippen LogP contribution in [0.4, 0.5) is 5.82 Å². The highest BCUT2D eigenvalue weighted by atomic mass is 16.3. The third kappa shape index (κ3) is 3.48. The molecule has 7 nitrogen and oxygen atoms in total. The third-order valence-electron chi connectivity index (χ3n) is 4.08. The van der Waals surface area contributed by atoms with Gasteiger partial charge in [-0.3, -0.25) is 0 Å². The maximum atomic E-state index is 9.25. The van der Waals surface area contributed by atoms with E-state index in [1.165, 1.54) is 6.42 Å². The first kappa shape index (κ1) is 14.2. The van der Waals surface area contributed by atoms with Crippen LogP contribution in [0, 0.1) is 5.92 Å². The second kappa shape index (κ2) is 6.82. The van der Waals surface area contributed by atoms with Gasteiger partial charge in [-0.1, -0.05) is 4.98 Å². The number of aliphatic hydroxyl groups is 1. The van der Waals surface area contributed by atoms with Gasteiger partial charge in [0.15, 0.2) is 5.52 Å². The standard InChI is InChI=1S/C14H22N6O/c21-8-11-3-1-5-20(7-11)6-2-4-15-13-12-14(17-9-16-12)19-10-18-13/h9-11,21H,1-8H2,(H2,15,16,17,18,19)/p+1/t11-/m1/s1. The smallest absolute Gasteiger partial charge is 0.260 e. The number of H-pyrrole nitrogens is 2. The molecule has 1 saturated heterocycles. The summed E-state index contributed by atoms with van der Waals surface area (Å²) in [5, 5.41) is 12.6. The number of piperidine rings is 1. The molecule has 0 aromatic carbocycles. The van der Waals surface area contributed by atoms with Gasteiger partial charge < -0.3 is 20.3 Å². The highest BCUT2D eigenvalue weighted by Crippen LogP contribution is 2.16. The van der Waals surface area contributed by atoms with Gasteiger partial charge in [0.1, 0.15) is 0 Å². The Labute approximate surface area is 123 Å². The van der Waals surface area contributed by atoms with Crippen LogP contribution < -0.4 is 10.3 Å². The van der Waals surface area contributed by atoms with E-state index >= 15 is 0 Å². The fraction of sp³-hybridized carbons (Fsp3) is 0.643. The van der Waals surface area contributed by atoms with Crippen molar-refractivity contribution in [3.63, 3.8) is 0 Å². The molecular formula is C14H23N6O+. The summed E-state index contributed by atoms with van der Waals surface area (Å²) in [6.07, 6.45) is 6.74. The van der Waals surface area contributed by atoms with Gasteiger partial charge in [0.05, 0.1) is 12.9 Å². The zero-order valence-corrected chi connectivity index (χ0v) is 12.2. The fourth-order valence-electron chi connectivity index (χ4n) is 2.96. The van der Waals surface area contributed by atoms with Gasteiger partial charge in [-0.15, -0.1) is 0 Å². The Morgan fingerprint density at radius 2 is 2.43 bits per heavy atom. The Kier molecular flexibility index (Phi) is 4.62. The van der Waals surface area contributed by atoms with Gasteiger partial charge in [0.2, 0.25) is 12.1 Å². The molecule has 0 radical (unpaired) electrons. The minimum atomic E-state index is 0.318. The summed E-state index contributed by atoms with van der Waals surface area (Å²) in [6.45, 7) is 4.47. The Hall–Kier alpha value is -1.73. The van der Waals surface area contributed by atoms with Gasteiger partial charge >= 0.3 is 0 Å². The van der Waals surface area contributed by atoms with Gasteiger partial charge in [0.25, 0.3) is 5.65 Å². The van der Waals surface area contributed by atoms with E-state index in [1.54, 1.807) is 12.7 Å². The Morgan fingerprint density at radius 1 is 1.48 bits per heavy atom. The number of anilines is 1. The van der Waals surface area contributed by atoms with E-state index in [1.807, 2.05) is 0 Å². The zero-order valence-electron chi connectivity index (χ0n) is 12.2. The highest BCUT2D eigenvalue weighted by Gasteiger charge is 2.18. The van der Waals surface area contributed by atoms with Crippen LogP contribution in [0.15, 0.2) is 12.7 Å². The van der Waals surface area contributed by atoms with Crippen molar-refractivity contribution < 1.29 is 10.1 Å². The average molecular weight is 291 g/mol. The lowest BCUT2D eigenvalue weighted by Crippen LogP contribution is -2.37. The lowest BCUT2D eigenvalue weighted by Gasteiger charge is -2.31. The molecule has 4 N–H and O–H groups in total. The molecule has 3 rings (SSSR count). The first-order chi connectivity index (χ1) is 10.4. The molecule has 3 heterocycles. The molecule has 21 heavy (non-hydrogen) atoms. The van der Waals surface area contributed by atoms with Crippen molar-refractivity contribution in [2.45, 2.75) is 19.3 Å². The summed E-state index contributed by atoms with van der Waals surface area (Å²) in [4.78, 5) is 16.9. The molecule has 1 aliphatic rings. The highest BCUT2D eigenvalue weighted by molar-refractivity contribution is 5.79. The molecule has 1 aliphatic heterocycles. The molecule has 1 atom stereocenters. The predicted molar refractivity (Wildman–Crippen MR) is 79.8 cm³/mol. The number of aromatic amines is 2. The number of imidazole rings is 1. The monoisotopic (exact) mass is 291 g/mol. The number of hydrogen-bond donors (Lipinski definition) is 3. The Bertz CT molecular complexity index is 571. The second-order valence-corrected chi connectivity index (χ2v) is 5.65. The van der Waals surface area contributed by atoms with E-state index in [-0.39, 0.29) is 0 Å².